The molecule has 2 rings (SSSR count). The predicted molar refractivity (Wildman–Crippen MR) is 87.6 cm³/mol. The SMILES string of the molecule is CCOC(=O)c1ccc(CNS(=O)(=O)c2ccc(C)cc2)cc1. The fourth-order valence-corrected chi connectivity index (χ4v) is 2.97. The Morgan fingerprint density at radius 1 is 1.04 bits per heavy atom. The van der Waals surface area contributed by atoms with Gasteiger partial charge in [0.2, 0.25) is 10.0 Å². The summed E-state index contributed by atoms with van der Waals surface area (Å²) < 4.78 is 31.8. The molecule has 1 N–H and O–H groups in total. The zero-order chi connectivity index (χ0) is 16.9. The summed E-state index contributed by atoms with van der Waals surface area (Å²) in [6.45, 7) is 4.11. The van der Waals surface area contributed by atoms with Crippen LogP contribution in [0.5, 0.6) is 0 Å². The van der Waals surface area contributed by atoms with Gasteiger partial charge in [-0.2, -0.15) is 0 Å². The van der Waals surface area contributed by atoms with E-state index < -0.39 is 10.0 Å². The molecular formula is C17H19NO4S. The lowest BCUT2D eigenvalue weighted by Crippen LogP contribution is -2.23. The number of rotatable bonds is 6. The van der Waals surface area contributed by atoms with Crippen molar-refractivity contribution in [2.24, 2.45) is 0 Å². The third-order valence-electron chi connectivity index (χ3n) is 3.26. The average Bonchev–Trinajstić information content (AvgIpc) is 2.54. The molecule has 0 atom stereocenters. The molecule has 0 bridgehead atoms. The van der Waals surface area contributed by atoms with Gasteiger partial charge in [0.05, 0.1) is 17.1 Å². The van der Waals surface area contributed by atoms with Crippen LogP contribution in [0.25, 0.3) is 0 Å². The predicted octanol–water partition coefficient (Wildman–Crippen LogP) is 2.65. The van der Waals surface area contributed by atoms with Crippen LogP contribution in [0, 0.1) is 6.92 Å². The molecule has 0 radical (unpaired) electrons. The molecule has 0 unspecified atom stereocenters. The molecule has 0 amide bonds. The molecule has 5 nitrogen and oxygen atoms in total. The summed E-state index contributed by atoms with van der Waals surface area (Å²) in [5.41, 5.74) is 2.20. The number of esters is 1. The first kappa shape index (κ1) is 17.2. The van der Waals surface area contributed by atoms with Crippen molar-refractivity contribution in [3.8, 4) is 0 Å². The van der Waals surface area contributed by atoms with Crippen molar-refractivity contribution in [1.82, 2.24) is 4.72 Å². The molecule has 0 aliphatic carbocycles. The minimum Gasteiger partial charge on any atom is -0.462 e. The molecular weight excluding hydrogens is 314 g/mol. The van der Waals surface area contributed by atoms with Gasteiger partial charge in [0.1, 0.15) is 0 Å². The van der Waals surface area contributed by atoms with Gasteiger partial charge in [0.15, 0.2) is 0 Å². The van der Waals surface area contributed by atoms with E-state index in [4.69, 9.17) is 4.74 Å². The van der Waals surface area contributed by atoms with Gasteiger partial charge in [-0.05, 0) is 43.7 Å². The Hall–Kier alpha value is -2.18. The topological polar surface area (TPSA) is 72.5 Å². The Morgan fingerprint density at radius 3 is 2.22 bits per heavy atom. The zero-order valence-corrected chi connectivity index (χ0v) is 13.9. The average molecular weight is 333 g/mol. The highest BCUT2D eigenvalue weighted by molar-refractivity contribution is 7.89. The van der Waals surface area contributed by atoms with Crippen molar-refractivity contribution in [2.45, 2.75) is 25.3 Å². The van der Waals surface area contributed by atoms with Gasteiger partial charge >= 0.3 is 5.97 Å². The van der Waals surface area contributed by atoms with E-state index in [2.05, 4.69) is 4.72 Å². The summed E-state index contributed by atoms with van der Waals surface area (Å²) in [6.07, 6.45) is 0. The third kappa shape index (κ3) is 4.64. The molecule has 23 heavy (non-hydrogen) atoms. The molecule has 0 fully saturated rings. The van der Waals surface area contributed by atoms with E-state index in [9.17, 15) is 13.2 Å². The van der Waals surface area contributed by atoms with E-state index in [1.807, 2.05) is 6.92 Å². The van der Waals surface area contributed by atoms with Gasteiger partial charge in [-0.1, -0.05) is 29.8 Å². The Balaban J connectivity index is 2.02. The number of carbonyl (C=O) groups excluding carboxylic acids is 1. The minimum absolute atomic E-state index is 0.152. The molecule has 0 spiro atoms. The van der Waals surface area contributed by atoms with Crippen molar-refractivity contribution in [1.29, 1.82) is 0 Å². The van der Waals surface area contributed by atoms with Gasteiger partial charge in [-0.15, -0.1) is 0 Å². The van der Waals surface area contributed by atoms with E-state index in [1.165, 1.54) is 0 Å². The second-order valence-corrected chi connectivity index (χ2v) is 6.82. The van der Waals surface area contributed by atoms with Crippen molar-refractivity contribution in [2.75, 3.05) is 6.61 Å². The monoisotopic (exact) mass is 333 g/mol. The van der Waals surface area contributed by atoms with E-state index >= 15 is 0 Å². The lowest BCUT2D eigenvalue weighted by molar-refractivity contribution is 0.0526. The molecule has 6 heteroatoms. The maximum Gasteiger partial charge on any atom is 0.338 e. The molecule has 0 aliphatic heterocycles. The zero-order valence-electron chi connectivity index (χ0n) is 13.1. The standard InChI is InChI=1S/C17H19NO4S/c1-3-22-17(19)15-8-6-14(7-9-15)12-18-23(20,21)16-10-4-13(2)5-11-16/h4-11,18H,3,12H2,1-2H3. The highest BCUT2D eigenvalue weighted by Crippen LogP contribution is 2.11. The summed E-state index contributed by atoms with van der Waals surface area (Å²) in [7, 11) is -3.55. The largest absolute Gasteiger partial charge is 0.462 e. The molecule has 0 aliphatic rings. The number of hydrogen-bond acceptors (Lipinski definition) is 4. The van der Waals surface area contributed by atoms with Crippen LogP contribution in [-0.2, 0) is 21.3 Å². The van der Waals surface area contributed by atoms with Crippen LogP contribution in [0.15, 0.2) is 53.4 Å². The lowest BCUT2D eigenvalue weighted by atomic mass is 10.1. The van der Waals surface area contributed by atoms with Crippen molar-refractivity contribution in [3.05, 3.63) is 65.2 Å². The highest BCUT2D eigenvalue weighted by atomic mass is 32.2. The van der Waals surface area contributed by atoms with Crippen LogP contribution in [0.4, 0.5) is 0 Å². The van der Waals surface area contributed by atoms with E-state index in [0.717, 1.165) is 11.1 Å². The molecule has 2 aromatic rings. The lowest BCUT2D eigenvalue weighted by Gasteiger charge is -2.08. The summed E-state index contributed by atoms with van der Waals surface area (Å²) >= 11 is 0. The fourth-order valence-electron chi connectivity index (χ4n) is 1.95. The molecule has 0 saturated carbocycles. The summed E-state index contributed by atoms with van der Waals surface area (Å²) in [6, 6.07) is 13.3. The number of carbonyl (C=O) groups is 1. The first-order chi connectivity index (χ1) is 10.9. The van der Waals surface area contributed by atoms with Gasteiger partial charge in [-0.25, -0.2) is 17.9 Å². The minimum atomic E-state index is -3.55. The van der Waals surface area contributed by atoms with Crippen LogP contribution in [-0.4, -0.2) is 21.0 Å². The highest BCUT2D eigenvalue weighted by Gasteiger charge is 2.13. The fraction of sp³-hybridized carbons (Fsp3) is 0.235. The molecule has 0 aromatic heterocycles. The van der Waals surface area contributed by atoms with Gasteiger partial charge in [0.25, 0.3) is 0 Å². The smallest absolute Gasteiger partial charge is 0.338 e. The number of nitrogens with one attached hydrogen (secondary N) is 1. The second-order valence-electron chi connectivity index (χ2n) is 5.05. The third-order valence-corrected chi connectivity index (χ3v) is 4.68. The molecule has 0 heterocycles. The summed E-state index contributed by atoms with van der Waals surface area (Å²) in [5.74, 6) is -0.390. The Kier molecular flexibility index (Phi) is 5.52. The van der Waals surface area contributed by atoms with Gasteiger partial charge in [0, 0.05) is 6.54 Å². The van der Waals surface area contributed by atoms with Gasteiger partial charge in [-0.3, -0.25) is 0 Å². The van der Waals surface area contributed by atoms with E-state index in [0.29, 0.717) is 12.2 Å². The molecule has 122 valence electrons. The van der Waals surface area contributed by atoms with Crippen LogP contribution < -0.4 is 4.72 Å². The van der Waals surface area contributed by atoms with Crippen molar-refractivity contribution < 1.29 is 17.9 Å². The number of sulfonamides is 1. The number of ether oxygens (including phenoxy) is 1. The van der Waals surface area contributed by atoms with Crippen LogP contribution in [0.3, 0.4) is 0 Å². The van der Waals surface area contributed by atoms with E-state index in [-0.39, 0.29) is 17.4 Å². The molecule has 0 saturated heterocycles. The summed E-state index contributed by atoms with van der Waals surface area (Å²) in [4.78, 5) is 11.8. The Morgan fingerprint density at radius 2 is 1.65 bits per heavy atom. The quantitative estimate of drug-likeness (QED) is 0.825. The maximum absolute atomic E-state index is 12.2. The van der Waals surface area contributed by atoms with Crippen LogP contribution in [0.2, 0.25) is 0 Å². The number of benzene rings is 2. The van der Waals surface area contributed by atoms with E-state index in [1.54, 1.807) is 55.5 Å². The normalized spacial score (nSPS) is 11.2. The second kappa shape index (κ2) is 7.39. The van der Waals surface area contributed by atoms with Crippen molar-refractivity contribution >= 4 is 16.0 Å². The Labute approximate surface area is 136 Å². The first-order valence-corrected chi connectivity index (χ1v) is 8.73. The maximum atomic E-state index is 12.2. The summed E-state index contributed by atoms with van der Waals surface area (Å²) in [5, 5.41) is 0. The van der Waals surface area contributed by atoms with Crippen LogP contribution >= 0.6 is 0 Å². The van der Waals surface area contributed by atoms with Crippen molar-refractivity contribution in [3.63, 3.8) is 0 Å². The number of aryl methyl sites for hydroxylation is 1. The van der Waals surface area contributed by atoms with Gasteiger partial charge < -0.3 is 4.74 Å². The Bertz CT molecular complexity index is 765. The molecule has 2 aromatic carbocycles. The number of hydrogen-bond donors (Lipinski definition) is 1. The van der Waals surface area contributed by atoms with Crippen LogP contribution in [0.1, 0.15) is 28.4 Å². The first-order valence-electron chi connectivity index (χ1n) is 7.25.